The molecule has 0 unspecified atom stereocenters. The maximum absolute atomic E-state index is 13.7. The van der Waals surface area contributed by atoms with Gasteiger partial charge in [0.25, 0.3) is 0 Å². The Bertz CT molecular complexity index is 654. The Labute approximate surface area is 121 Å². The second-order valence-electron chi connectivity index (χ2n) is 5.10. The van der Waals surface area contributed by atoms with Crippen LogP contribution in [0.5, 0.6) is 0 Å². The first-order valence-corrected chi connectivity index (χ1v) is 6.94. The van der Waals surface area contributed by atoms with Crippen LogP contribution in [0, 0.1) is 18.6 Å². The molecule has 0 aliphatic carbocycles. The molecule has 0 saturated carbocycles. The monoisotopic (exact) mass is 290 g/mol. The molecule has 6 heteroatoms. The third-order valence-electron chi connectivity index (χ3n) is 3.45. The number of anilines is 3. The molecular formula is C15H16F2N4. The summed E-state index contributed by atoms with van der Waals surface area (Å²) >= 11 is 0. The van der Waals surface area contributed by atoms with E-state index in [2.05, 4.69) is 20.2 Å². The summed E-state index contributed by atoms with van der Waals surface area (Å²) in [5, 5.41) is 2.88. The lowest BCUT2D eigenvalue weighted by Crippen LogP contribution is -2.19. The fourth-order valence-electron chi connectivity index (χ4n) is 2.45. The molecule has 4 nitrogen and oxygen atoms in total. The molecule has 1 aromatic heterocycles. The van der Waals surface area contributed by atoms with Crippen molar-refractivity contribution in [3.05, 3.63) is 41.7 Å². The Morgan fingerprint density at radius 2 is 1.86 bits per heavy atom. The van der Waals surface area contributed by atoms with E-state index in [1.165, 1.54) is 12.1 Å². The minimum Gasteiger partial charge on any atom is -0.356 e. The minimum atomic E-state index is -0.644. The molecule has 1 aliphatic heterocycles. The van der Waals surface area contributed by atoms with Crippen LogP contribution in [0.3, 0.4) is 0 Å². The highest BCUT2D eigenvalue weighted by atomic mass is 19.1. The molecule has 1 aromatic carbocycles. The molecular weight excluding hydrogens is 274 g/mol. The Kier molecular flexibility index (Phi) is 3.68. The second-order valence-corrected chi connectivity index (χ2v) is 5.10. The summed E-state index contributed by atoms with van der Waals surface area (Å²) in [5.41, 5.74) is 0.196. The van der Waals surface area contributed by atoms with E-state index in [0.29, 0.717) is 11.6 Å². The van der Waals surface area contributed by atoms with Gasteiger partial charge in [-0.05, 0) is 31.9 Å². The van der Waals surface area contributed by atoms with Crippen LogP contribution in [0.25, 0.3) is 0 Å². The van der Waals surface area contributed by atoms with E-state index in [1.807, 2.05) is 0 Å². The van der Waals surface area contributed by atoms with Crippen molar-refractivity contribution < 1.29 is 8.78 Å². The van der Waals surface area contributed by atoms with Gasteiger partial charge in [-0.3, -0.25) is 0 Å². The molecule has 21 heavy (non-hydrogen) atoms. The fourth-order valence-corrected chi connectivity index (χ4v) is 2.45. The van der Waals surface area contributed by atoms with Gasteiger partial charge < -0.3 is 10.2 Å². The number of rotatable bonds is 3. The topological polar surface area (TPSA) is 41.1 Å². The van der Waals surface area contributed by atoms with E-state index in [0.717, 1.165) is 37.8 Å². The number of nitrogens with zero attached hydrogens (tertiary/aromatic N) is 3. The summed E-state index contributed by atoms with van der Waals surface area (Å²) in [7, 11) is 0. The molecule has 0 amide bonds. The van der Waals surface area contributed by atoms with Crippen molar-refractivity contribution in [2.75, 3.05) is 23.3 Å². The second kappa shape index (κ2) is 5.63. The summed E-state index contributed by atoms with van der Waals surface area (Å²) < 4.78 is 26.6. The smallest absolute Gasteiger partial charge is 0.149 e. The van der Waals surface area contributed by atoms with Gasteiger partial charge in [0, 0.05) is 25.2 Å². The summed E-state index contributed by atoms with van der Waals surface area (Å²) in [6.07, 6.45) is 2.30. The molecule has 0 spiro atoms. The summed E-state index contributed by atoms with van der Waals surface area (Å²) in [4.78, 5) is 10.9. The molecule has 110 valence electrons. The van der Waals surface area contributed by atoms with Gasteiger partial charge in [0.15, 0.2) is 0 Å². The van der Waals surface area contributed by atoms with Gasteiger partial charge in [-0.15, -0.1) is 0 Å². The van der Waals surface area contributed by atoms with Crippen molar-refractivity contribution in [3.8, 4) is 0 Å². The van der Waals surface area contributed by atoms with Crippen molar-refractivity contribution in [1.29, 1.82) is 0 Å². The maximum Gasteiger partial charge on any atom is 0.149 e. The first-order chi connectivity index (χ1) is 10.1. The molecule has 0 bridgehead atoms. The lowest BCUT2D eigenvalue weighted by atomic mass is 10.3. The number of hydrogen-bond acceptors (Lipinski definition) is 4. The average Bonchev–Trinajstić information content (AvgIpc) is 2.95. The molecule has 1 N–H and O–H groups in total. The third kappa shape index (κ3) is 3.09. The van der Waals surface area contributed by atoms with E-state index in [4.69, 9.17) is 0 Å². The predicted molar refractivity (Wildman–Crippen MR) is 77.9 cm³/mol. The lowest BCUT2D eigenvalue weighted by molar-refractivity contribution is 0.586. The van der Waals surface area contributed by atoms with Crippen molar-refractivity contribution >= 4 is 17.3 Å². The third-order valence-corrected chi connectivity index (χ3v) is 3.45. The van der Waals surface area contributed by atoms with Gasteiger partial charge >= 0.3 is 0 Å². The zero-order chi connectivity index (χ0) is 14.8. The molecule has 0 radical (unpaired) electrons. The summed E-state index contributed by atoms with van der Waals surface area (Å²) in [6, 6.07) is 5.21. The van der Waals surface area contributed by atoms with Crippen molar-refractivity contribution in [1.82, 2.24) is 9.97 Å². The Hall–Kier alpha value is -2.24. The Morgan fingerprint density at radius 1 is 1.10 bits per heavy atom. The number of nitrogens with one attached hydrogen (secondary N) is 1. The zero-order valence-electron chi connectivity index (χ0n) is 11.7. The van der Waals surface area contributed by atoms with Crippen molar-refractivity contribution in [2.24, 2.45) is 0 Å². The van der Waals surface area contributed by atoms with E-state index >= 15 is 0 Å². The van der Waals surface area contributed by atoms with Gasteiger partial charge in [0.2, 0.25) is 0 Å². The van der Waals surface area contributed by atoms with E-state index < -0.39 is 11.6 Å². The summed E-state index contributed by atoms with van der Waals surface area (Å²) in [6.45, 7) is 3.74. The first-order valence-electron chi connectivity index (χ1n) is 6.94. The van der Waals surface area contributed by atoms with Crippen LogP contribution in [0.4, 0.5) is 26.1 Å². The number of hydrogen-bond donors (Lipinski definition) is 1. The van der Waals surface area contributed by atoms with Crippen molar-refractivity contribution in [3.63, 3.8) is 0 Å². The largest absolute Gasteiger partial charge is 0.356 e. The van der Waals surface area contributed by atoms with Crippen LogP contribution < -0.4 is 10.2 Å². The van der Waals surface area contributed by atoms with Gasteiger partial charge in [-0.1, -0.05) is 0 Å². The van der Waals surface area contributed by atoms with Crippen LogP contribution in [0.15, 0.2) is 24.3 Å². The van der Waals surface area contributed by atoms with Crippen LogP contribution in [0.1, 0.15) is 18.7 Å². The molecule has 1 saturated heterocycles. The Morgan fingerprint density at radius 3 is 2.57 bits per heavy atom. The quantitative estimate of drug-likeness (QED) is 0.940. The van der Waals surface area contributed by atoms with Crippen LogP contribution >= 0.6 is 0 Å². The molecule has 1 fully saturated rings. The number of halogens is 2. The van der Waals surface area contributed by atoms with Gasteiger partial charge in [-0.2, -0.15) is 0 Å². The Balaban J connectivity index is 1.87. The SMILES string of the molecule is Cc1nc(Nc2ccc(F)cc2F)cc(N2CCCC2)n1. The molecule has 2 heterocycles. The maximum atomic E-state index is 13.7. The van der Waals surface area contributed by atoms with E-state index in [1.54, 1.807) is 13.0 Å². The van der Waals surface area contributed by atoms with Gasteiger partial charge in [0.1, 0.15) is 29.1 Å². The number of benzene rings is 1. The number of aromatic nitrogens is 2. The first kappa shape index (κ1) is 13.7. The summed E-state index contributed by atoms with van der Waals surface area (Å²) in [5.74, 6) is 0.716. The van der Waals surface area contributed by atoms with E-state index in [-0.39, 0.29) is 5.69 Å². The fraction of sp³-hybridized carbons (Fsp3) is 0.333. The number of aryl methyl sites for hydroxylation is 1. The van der Waals surface area contributed by atoms with Crippen molar-refractivity contribution in [2.45, 2.75) is 19.8 Å². The molecule has 2 aromatic rings. The van der Waals surface area contributed by atoms with Gasteiger partial charge in [0.05, 0.1) is 5.69 Å². The van der Waals surface area contributed by atoms with Crippen LogP contribution in [-0.2, 0) is 0 Å². The molecule has 0 atom stereocenters. The van der Waals surface area contributed by atoms with Gasteiger partial charge in [-0.25, -0.2) is 18.7 Å². The highest BCUT2D eigenvalue weighted by Crippen LogP contribution is 2.24. The highest BCUT2D eigenvalue weighted by molar-refractivity contribution is 5.60. The zero-order valence-corrected chi connectivity index (χ0v) is 11.7. The molecule has 1 aliphatic rings. The standard InChI is InChI=1S/C15H16F2N4/c1-10-18-14(9-15(19-10)21-6-2-3-7-21)20-13-5-4-11(16)8-12(13)17/h4-5,8-9H,2-3,6-7H2,1H3,(H,18,19,20). The minimum absolute atomic E-state index is 0.196. The normalized spacial score (nSPS) is 14.5. The average molecular weight is 290 g/mol. The lowest BCUT2D eigenvalue weighted by Gasteiger charge is -2.18. The van der Waals surface area contributed by atoms with E-state index in [9.17, 15) is 8.78 Å². The highest BCUT2D eigenvalue weighted by Gasteiger charge is 2.15. The van der Waals surface area contributed by atoms with Crippen LogP contribution in [0.2, 0.25) is 0 Å². The predicted octanol–water partition coefficient (Wildman–Crippen LogP) is 3.41. The van der Waals surface area contributed by atoms with Crippen LogP contribution in [-0.4, -0.2) is 23.1 Å². The molecule has 3 rings (SSSR count).